The van der Waals surface area contributed by atoms with Crippen molar-refractivity contribution in [1.82, 2.24) is 24.5 Å². The Bertz CT molecular complexity index is 1140. The standard InChI is InChI=1S/C19H16BrN5O/c1-11-17(22-23-25(11)16-3-2-8-21-18(16)20)12-4-7-15-13(9-12)10-24(19(15)26)14-5-6-14/h2-4,7-10,14,26H,5-6H2,1H3. The number of fused-ring (bicyclic) bond motifs is 1. The van der Waals surface area contributed by atoms with Gasteiger partial charge in [-0.2, -0.15) is 0 Å². The van der Waals surface area contributed by atoms with Crippen LogP contribution in [-0.2, 0) is 0 Å². The molecule has 0 aliphatic heterocycles. The molecule has 0 atom stereocenters. The molecule has 1 N–H and O–H groups in total. The van der Waals surface area contributed by atoms with Crippen LogP contribution in [0.15, 0.2) is 47.3 Å². The Morgan fingerprint density at radius 1 is 1.23 bits per heavy atom. The minimum atomic E-state index is 0.355. The van der Waals surface area contributed by atoms with Gasteiger partial charge in [-0.05, 0) is 60.0 Å². The van der Waals surface area contributed by atoms with Crippen LogP contribution in [0.3, 0.4) is 0 Å². The number of benzene rings is 1. The van der Waals surface area contributed by atoms with E-state index in [0.29, 0.717) is 11.9 Å². The first-order valence-corrected chi connectivity index (χ1v) is 9.30. The van der Waals surface area contributed by atoms with E-state index in [9.17, 15) is 5.11 Å². The van der Waals surface area contributed by atoms with Crippen molar-refractivity contribution in [2.75, 3.05) is 0 Å². The van der Waals surface area contributed by atoms with Crippen LogP contribution in [0, 0.1) is 6.92 Å². The van der Waals surface area contributed by atoms with Crippen molar-refractivity contribution in [3.63, 3.8) is 0 Å². The Kier molecular flexibility index (Phi) is 3.40. The molecule has 0 bridgehead atoms. The Balaban J connectivity index is 1.61. The number of halogens is 1. The second kappa shape index (κ2) is 5.67. The van der Waals surface area contributed by atoms with Crippen LogP contribution in [-0.4, -0.2) is 29.7 Å². The van der Waals surface area contributed by atoms with Gasteiger partial charge in [-0.15, -0.1) is 5.10 Å². The van der Waals surface area contributed by atoms with Crippen molar-refractivity contribution in [3.05, 3.63) is 53.0 Å². The molecule has 4 aromatic rings. The van der Waals surface area contributed by atoms with Gasteiger partial charge in [0.2, 0.25) is 0 Å². The topological polar surface area (TPSA) is 68.8 Å². The summed E-state index contributed by atoms with van der Waals surface area (Å²) in [5.74, 6) is 0.355. The molecule has 1 aromatic carbocycles. The highest BCUT2D eigenvalue weighted by Crippen LogP contribution is 2.42. The van der Waals surface area contributed by atoms with Gasteiger partial charge < -0.3 is 9.67 Å². The van der Waals surface area contributed by atoms with Gasteiger partial charge in [0, 0.05) is 34.8 Å². The van der Waals surface area contributed by atoms with Gasteiger partial charge in [0.25, 0.3) is 0 Å². The second-order valence-corrected chi connectivity index (χ2v) is 7.39. The van der Waals surface area contributed by atoms with Crippen LogP contribution in [0.4, 0.5) is 0 Å². The van der Waals surface area contributed by atoms with Gasteiger partial charge in [0.1, 0.15) is 10.3 Å². The summed E-state index contributed by atoms with van der Waals surface area (Å²) in [6.45, 7) is 1.99. The summed E-state index contributed by atoms with van der Waals surface area (Å²) in [5, 5.41) is 21.0. The number of rotatable bonds is 3. The van der Waals surface area contributed by atoms with Crippen molar-refractivity contribution in [2.45, 2.75) is 25.8 Å². The highest BCUT2D eigenvalue weighted by Gasteiger charge is 2.26. The lowest BCUT2D eigenvalue weighted by atomic mass is 10.1. The SMILES string of the molecule is Cc1c(-c2ccc3c(O)n(C4CC4)cc3c2)nnn1-c1cccnc1Br. The number of aromatic nitrogens is 5. The van der Waals surface area contributed by atoms with Gasteiger partial charge in [-0.3, -0.25) is 0 Å². The first kappa shape index (κ1) is 15.6. The molecule has 0 radical (unpaired) electrons. The van der Waals surface area contributed by atoms with Gasteiger partial charge in [-0.1, -0.05) is 11.3 Å². The molecule has 1 saturated carbocycles. The summed E-state index contributed by atoms with van der Waals surface area (Å²) in [5.41, 5.74) is 3.58. The van der Waals surface area contributed by atoms with Crippen LogP contribution in [0.2, 0.25) is 0 Å². The lowest BCUT2D eigenvalue weighted by Crippen LogP contribution is -2.01. The highest BCUT2D eigenvalue weighted by molar-refractivity contribution is 9.10. The second-order valence-electron chi connectivity index (χ2n) is 6.64. The zero-order chi connectivity index (χ0) is 17.8. The van der Waals surface area contributed by atoms with Gasteiger partial charge in [0.15, 0.2) is 5.88 Å². The molecule has 0 spiro atoms. The van der Waals surface area contributed by atoms with Crippen LogP contribution in [0.25, 0.3) is 27.7 Å². The number of pyridine rings is 1. The third kappa shape index (κ3) is 2.34. The molecule has 1 fully saturated rings. The molecule has 5 rings (SSSR count). The minimum Gasteiger partial charge on any atom is -0.494 e. The molecule has 3 heterocycles. The Morgan fingerprint density at radius 2 is 2.08 bits per heavy atom. The normalized spacial score (nSPS) is 14.2. The molecule has 130 valence electrons. The summed E-state index contributed by atoms with van der Waals surface area (Å²) >= 11 is 3.47. The third-order valence-electron chi connectivity index (χ3n) is 4.89. The van der Waals surface area contributed by atoms with E-state index in [1.54, 1.807) is 10.9 Å². The molecular formula is C19H16BrN5O. The van der Waals surface area contributed by atoms with Crippen LogP contribution >= 0.6 is 15.9 Å². The monoisotopic (exact) mass is 409 g/mol. The Morgan fingerprint density at radius 3 is 2.85 bits per heavy atom. The maximum absolute atomic E-state index is 10.4. The van der Waals surface area contributed by atoms with Crippen molar-refractivity contribution in [3.8, 4) is 22.8 Å². The average molecular weight is 410 g/mol. The van der Waals surface area contributed by atoms with E-state index in [2.05, 4.69) is 37.3 Å². The lowest BCUT2D eigenvalue weighted by molar-refractivity contribution is 0.424. The molecule has 7 heteroatoms. The summed E-state index contributed by atoms with van der Waals surface area (Å²) in [6, 6.07) is 10.3. The largest absolute Gasteiger partial charge is 0.494 e. The summed E-state index contributed by atoms with van der Waals surface area (Å²) in [6.07, 6.45) is 6.03. The number of hydrogen-bond donors (Lipinski definition) is 1. The fraction of sp³-hybridized carbons (Fsp3) is 0.211. The zero-order valence-corrected chi connectivity index (χ0v) is 15.7. The van der Waals surface area contributed by atoms with Crippen LogP contribution < -0.4 is 0 Å². The summed E-state index contributed by atoms with van der Waals surface area (Å²) in [4.78, 5) is 4.25. The molecule has 1 aliphatic rings. The zero-order valence-electron chi connectivity index (χ0n) is 14.1. The van der Waals surface area contributed by atoms with E-state index in [1.807, 2.05) is 42.0 Å². The number of aromatic hydroxyl groups is 1. The van der Waals surface area contributed by atoms with E-state index < -0.39 is 0 Å². The molecule has 0 saturated heterocycles. The Hall–Kier alpha value is -2.67. The van der Waals surface area contributed by atoms with Crippen molar-refractivity contribution >= 4 is 26.7 Å². The molecule has 0 unspecified atom stereocenters. The van der Waals surface area contributed by atoms with E-state index in [0.717, 1.165) is 50.9 Å². The maximum atomic E-state index is 10.4. The quantitative estimate of drug-likeness (QED) is 0.509. The average Bonchev–Trinajstić information content (AvgIpc) is 3.34. The van der Waals surface area contributed by atoms with Gasteiger partial charge in [-0.25, -0.2) is 9.67 Å². The van der Waals surface area contributed by atoms with E-state index >= 15 is 0 Å². The van der Waals surface area contributed by atoms with Crippen LogP contribution in [0.1, 0.15) is 24.6 Å². The predicted octanol–water partition coefficient (Wildman–Crippen LogP) is 4.40. The predicted molar refractivity (Wildman–Crippen MR) is 102 cm³/mol. The van der Waals surface area contributed by atoms with E-state index in [1.165, 1.54) is 0 Å². The lowest BCUT2D eigenvalue weighted by Gasteiger charge is -2.05. The molecule has 1 aliphatic carbocycles. The first-order chi connectivity index (χ1) is 12.6. The third-order valence-corrected chi connectivity index (χ3v) is 5.50. The van der Waals surface area contributed by atoms with Crippen molar-refractivity contribution in [2.24, 2.45) is 0 Å². The van der Waals surface area contributed by atoms with Gasteiger partial charge >= 0.3 is 0 Å². The maximum Gasteiger partial charge on any atom is 0.199 e. The number of nitrogens with zero attached hydrogens (tertiary/aromatic N) is 5. The summed E-state index contributed by atoms with van der Waals surface area (Å²) < 4.78 is 4.48. The smallest absolute Gasteiger partial charge is 0.199 e. The molecule has 3 aromatic heterocycles. The minimum absolute atomic E-state index is 0.355. The fourth-order valence-electron chi connectivity index (χ4n) is 3.36. The fourth-order valence-corrected chi connectivity index (χ4v) is 3.78. The van der Waals surface area contributed by atoms with Crippen LogP contribution in [0.5, 0.6) is 5.88 Å². The summed E-state index contributed by atoms with van der Waals surface area (Å²) in [7, 11) is 0. The molecule has 0 amide bonds. The van der Waals surface area contributed by atoms with Crippen molar-refractivity contribution in [1.29, 1.82) is 0 Å². The number of hydrogen-bond acceptors (Lipinski definition) is 4. The van der Waals surface area contributed by atoms with Crippen molar-refractivity contribution < 1.29 is 5.11 Å². The highest BCUT2D eigenvalue weighted by atomic mass is 79.9. The van der Waals surface area contributed by atoms with Gasteiger partial charge in [0.05, 0.1) is 11.4 Å². The Labute approximate surface area is 158 Å². The van der Waals surface area contributed by atoms with E-state index in [-0.39, 0.29) is 0 Å². The first-order valence-electron chi connectivity index (χ1n) is 8.50. The molecule has 6 nitrogen and oxygen atoms in total. The van der Waals surface area contributed by atoms with E-state index in [4.69, 9.17) is 0 Å². The molecule has 26 heavy (non-hydrogen) atoms. The molecular weight excluding hydrogens is 394 g/mol.